The third-order valence-electron chi connectivity index (χ3n) is 3.91. The zero-order chi connectivity index (χ0) is 20.8. The Labute approximate surface area is 169 Å². The van der Waals surface area contributed by atoms with Gasteiger partial charge in [-0.25, -0.2) is 18.2 Å². The molecule has 0 aliphatic carbocycles. The average molecular weight is 422 g/mol. The molecule has 1 amide bonds. The van der Waals surface area contributed by atoms with E-state index in [1.54, 1.807) is 5.38 Å². The minimum Gasteiger partial charge on any atom is -0.489 e. The summed E-state index contributed by atoms with van der Waals surface area (Å²) in [6, 6.07) is 7.28. The first-order chi connectivity index (χ1) is 14.0. The average Bonchev–Trinajstić information content (AvgIpc) is 3.17. The van der Waals surface area contributed by atoms with E-state index < -0.39 is 17.5 Å². The van der Waals surface area contributed by atoms with E-state index in [0.29, 0.717) is 18.2 Å². The first-order valence-corrected chi connectivity index (χ1v) is 9.45. The lowest BCUT2D eigenvalue weighted by atomic mass is 10.2. The molecule has 152 valence electrons. The summed E-state index contributed by atoms with van der Waals surface area (Å²) in [7, 11) is 1.53. The monoisotopic (exact) mass is 422 g/mol. The minimum atomic E-state index is -0.735. The molecule has 29 heavy (non-hydrogen) atoms. The van der Waals surface area contributed by atoms with Gasteiger partial charge in [-0.1, -0.05) is 0 Å². The molecule has 3 aromatic rings. The number of nitrogens with zero attached hydrogens (tertiary/aromatic N) is 1. The van der Waals surface area contributed by atoms with E-state index in [-0.39, 0.29) is 35.1 Å². The Balaban J connectivity index is 1.67. The number of rotatable bonds is 8. The highest BCUT2D eigenvalue weighted by atomic mass is 32.1. The fourth-order valence-electron chi connectivity index (χ4n) is 2.42. The number of methoxy groups -OCH3 is 1. The summed E-state index contributed by atoms with van der Waals surface area (Å²) in [5.74, 6) is -2.20. The molecule has 1 aromatic heterocycles. The van der Waals surface area contributed by atoms with Gasteiger partial charge in [-0.05, 0) is 24.3 Å². The van der Waals surface area contributed by atoms with E-state index in [0.717, 1.165) is 29.5 Å². The minimum absolute atomic E-state index is 0.153. The number of benzene rings is 2. The predicted molar refractivity (Wildman–Crippen MR) is 102 cm³/mol. The molecule has 0 radical (unpaired) electrons. The van der Waals surface area contributed by atoms with Crippen molar-refractivity contribution < 1.29 is 27.4 Å². The fourth-order valence-corrected chi connectivity index (χ4v) is 3.24. The number of carbonyl (C=O) groups excluding carboxylic acids is 1. The van der Waals surface area contributed by atoms with Crippen LogP contribution in [0, 0.1) is 17.5 Å². The van der Waals surface area contributed by atoms with Crippen molar-refractivity contribution in [3.05, 3.63) is 70.5 Å². The zero-order valence-corrected chi connectivity index (χ0v) is 16.2. The third kappa shape index (κ3) is 5.33. The van der Waals surface area contributed by atoms with Crippen molar-refractivity contribution in [3.63, 3.8) is 0 Å². The maximum atomic E-state index is 14.5. The van der Waals surface area contributed by atoms with Crippen LogP contribution in [0.5, 0.6) is 5.75 Å². The Morgan fingerprint density at radius 2 is 1.97 bits per heavy atom. The van der Waals surface area contributed by atoms with Gasteiger partial charge in [-0.2, -0.15) is 0 Å². The topological polar surface area (TPSA) is 60.5 Å². The number of aromatic nitrogens is 1. The highest BCUT2D eigenvalue weighted by molar-refractivity contribution is 7.13. The van der Waals surface area contributed by atoms with Crippen LogP contribution in [0.2, 0.25) is 0 Å². The summed E-state index contributed by atoms with van der Waals surface area (Å²) in [6.45, 7) is 0.547. The Bertz CT molecular complexity index is 1010. The highest BCUT2D eigenvalue weighted by Crippen LogP contribution is 2.29. The molecule has 9 heteroatoms. The van der Waals surface area contributed by atoms with Crippen LogP contribution in [0.15, 0.2) is 41.8 Å². The summed E-state index contributed by atoms with van der Waals surface area (Å²) in [6.07, 6.45) is 0. The van der Waals surface area contributed by atoms with Crippen molar-refractivity contribution in [3.8, 4) is 16.3 Å². The zero-order valence-electron chi connectivity index (χ0n) is 15.4. The number of thiazole rings is 1. The van der Waals surface area contributed by atoms with Crippen molar-refractivity contribution in [1.82, 2.24) is 10.3 Å². The SMILES string of the molecule is COCCNC(=O)c1csc(-c2ccc(OCc3ccc(F)cc3F)cc2F)n1. The summed E-state index contributed by atoms with van der Waals surface area (Å²) >= 11 is 1.13. The highest BCUT2D eigenvalue weighted by Gasteiger charge is 2.15. The van der Waals surface area contributed by atoms with Crippen LogP contribution in [0.25, 0.3) is 10.6 Å². The molecule has 0 aliphatic rings. The quantitative estimate of drug-likeness (QED) is 0.554. The summed E-state index contributed by atoms with van der Waals surface area (Å²) in [5, 5.41) is 4.52. The molecular weight excluding hydrogens is 405 g/mol. The second kappa shape index (κ2) is 9.53. The van der Waals surface area contributed by atoms with E-state index in [2.05, 4.69) is 10.3 Å². The van der Waals surface area contributed by atoms with Crippen LogP contribution < -0.4 is 10.1 Å². The van der Waals surface area contributed by atoms with Crippen molar-refractivity contribution in [1.29, 1.82) is 0 Å². The smallest absolute Gasteiger partial charge is 0.270 e. The molecule has 0 fully saturated rings. The first-order valence-electron chi connectivity index (χ1n) is 8.57. The standard InChI is InChI=1S/C20H17F3N2O3S/c1-27-7-6-24-19(26)18-11-29-20(25-18)15-5-4-14(9-17(15)23)28-10-12-2-3-13(21)8-16(12)22/h2-5,8-9,11H,6-7,10H2,1H3,(H,24,26). The number of nitrogens with one attached hydrogen (secondary N) is 1. The number of hydrogen-bond donors (Lipinski definition) is 1. The second-order valence-electron chi connectivity index (χ2n) is 5.95. The van der Waals surface area contributed by atoms with Crippen molar-refractivity contribution in [2.24, 2.45) is 0 Å². The van der Waals surface area contributed by atoms with Gasteiger partial charge in [-0.15, -0.1) is 11.3 Å². The van der Waals surface area contributed by atoms with E-state index in [1.165, 1.54) is 25.3 Å². The third-order valence-corrected chi connectivity index (χ3v) is 4.78. The van der Waals surface area contributed by atoms with Crippen LogP contribution in [0.3, 0.4) is 0 Å². The molecule has 0 saturated heterocycles. The van der Waals surface area contributed by atoms with Gasteiger partial charge in [0, 0.05) is 42.3 Å². The molecule has 0 bridgehead atoms. The van der Waals surface area contributed by atoms with Crippen LogP contribution in [-0.2, 0) is 11.3 Å². The van der Waals surface area contributed by atoms with Crippen LogP contribution >= 0.6 is 11.3 Å². The fraction of sp³-hybridized carbons (Fsp3) is 0.200. The van der Waals surface area contributed by atoms with E-state index in [1.807, 2.05) is 0 Å². The largest absolute Gasteiger partial charge is 0.489 e. The molecule has 5 nitrogen and oxygen atoms in total. The van der Waals surface area contributed by atoms with Gasteiger partial charge in [0.2, 0.25) is 0 Å². The van der Waals surface area contributed by atoms with Gasteiger partial charge in [0.25, 0.3) is 5.91 Å². The van der Waals surface area contributed by atoms with Gasteiger partial charge in [0.05, 0.1) is 6.61 Å². The van der Waals surface area contributed by atoms with Gasteiger partial charge >= 0.3 is 0 Å². The molecule has 0 atom stereocenters. The number of ether oxygens (including phenoxy) is 2. The van der Waals surface area contributed by atoms with E-state index in [4.69, 9.17) is 9.47 Å². The molecular formula is C20H17F3N2O3S. The van der Waals surface area contributed by atoms with Gasteiger partial charge in [0.1, 0.15) is 40.5 Å². The molecule has 0 unspecified atom stereocenters. The molecule has 0 saturated carbocycles. The molecule has 1 N–H and O–H groups in total. The van der Waals surface area contributed by atoms with E-state index in [9.17, 15) is 18.0 Å². The summed E-state index contributed by atoms with van der Waals surface area (Å²) in [4.78, 5) is 16.1. The summed E-state index contributed by atoms with van der Waals surface area (Å²) < 4.78 is 51.3. The molecule has 2 aromatic carbocycles. The Hall–Kier alpha value is -2.91. The lowest BCUT2D eigenvalue weighted by molar-refractivity contribution is 0.0933. The number of carbonyl (C=O) groups is 1. The Morgan fingerprint density at radius 3 is 2.69 bits per heavy atom. The van der Waals surface area contributed by atoms with Crippen molar-refractivity contribution in [2.75, 3.05) is 20.3 Å². The molecule has 0 aliphatic heterocycles. The lowest BCUT2D eigenvalue weighted by Gasteiger charge is -2.08. The molecule has 0 spiro atoms. The molecule has 1 heterocycles. The van der Waals surface area contributed by atoms with Crippen molar-refractivity contribution >= 4 is 17.2 Å². The normalized spacial score (nSPS) is 10.8. The van der Waals surface area contributed by atoms with Gasteiger partial charge in [-0.3, -0.25) is 4.79 Å². The van der Waals surface area contributed by atoms with Crippen LogP contribution in [0.4, 0.5) is 13.2 Å². The van der Waals surface area contributed by atoms with E-state index >= 15 is 0 Å². The summed E-state index contributed by atoms with van der Waals surface area (Å²) in [5.41, 5.74) is 0.554. The van der Waals surface area contributed by atoms with Gasteiger partial charge in [0.15, 0.2) is 0 Å². The number of amides is 1. The van der Waals surface area contributed by atoms with Crippen LogP contribution in [-0.4, -0.2) is 31.2 Å². The number of halogens is 3. The lowest BCUT2D eigenvalue weighted by Crippen LogP contribution is -2.27. The second-order valence-corrected chi connectivity index (χ2v) is 6.81. The number of hydrogen-bond acceptors (Lipinski definition) is 5. The van der Waals surface area contributed by atoms with Gasteiger partial charge < -0.3 is 14.8 Å². The maximum Gasteiger partial charge on any atom is 0.270 e. The Morgan fingerprint density at radius 1 is 1.14 bits per heavy atom. The Kier molecular flexibility index (Phi) is 6.84. The first kappa shape index (κ1) is 20.8. The van der Waals surface area contributed by atoms with Crippen molar-refractivity contribution in [2.45, 2.75) is 6.61 Å². The maximum absolute atomic E-state index is 14.5. The molecule has 3 rings (SSSR count). The predicted octanol–water partition coefficient (Wildman–Crippen LogP) is 4.18. The van der Waals surface area contributed by atoms with Crippen LogP contribution in [0.1, 0.15) is 16.1 Å².